The third-order valence-corrected chi connectivity index (χ3v) is 3.80. The second-order valence-corrected chi connectivity index (χ2v) is 5.41. The maximum absolute atomic E-state index is 9.15. The number of hydrogen-bond acceptors (Lipinski definition) is 4. The molecular formula is C16H26N4O. The van der Waals surface area contributed by atoms with Crippen LogP contribution in [0.1, 0.15) is 24.7 Å². The van der Waals surface area contributed by atoms with Crippen molar-refractivity contribution in [2.45, 2.75) is 33.4 Å². The fourth-order valence-corrected chi connectivity index (χ4v) is 2.60. The van der Waals surface area contributed by atoms with Gasteiger partial charge >= 0.3 is 0 Å². The lowest BCUT2D eigenvalue weighted by atomic mass is 10.2. The molecule has 2 rings (SSSR count). The molecule has 116 valence electrons. The Balaban J connectivity index is 2.35. The van der Waals surface area contributed by atoms with Crippen LogP contribution in [0.4, 0.5) is 0 Å². The molecule has 0 spiro atoms. The SMILES string of the molecule is CCN(CCO)Cc1nc2cc(C)ccc2n1CCCN. The highest BCUT2D eigenvalue weighted by molar-refractivity contribution is 5.76. The summed E-state index contributed by atoms with van der Waals surface area (Å²) in [6, 6.07) is 6.39. The summed E-state index contributed by atoms with van der Waals surface area (Å²) in [4.78, 5) is 7.00. The third-order valence-electron chi connectivity index (χ3n) is 3.80. The van der Waals surface area contributed by atoms with Crippen molar-refractivity contribution in [3.8, 4) is 0 Å². The number of fused-ring (bicyclic) bond motifs is 1. The quantitative estimate of drug-likeness (QED) is 0.773. The normalized spacial score (nSPS) is 11.7. The van der Waals surface area contributed by atoms with Gasteiger partial charge in [-0.15, -0.1) is 0 Å². The monoisotopic (exact) mass is 290 g/mol. The van der Waals surface area contributed by atoms with E-state index in [1.54, 1.807) is 0 Å². The lowest BCUT2D eigenvalue weighted by Crippen LogP contribution is -2.27. The molecule has 0 aliphatic heterocycles. The summed E-state index contributed by atoms with van der Waals surface area (Å²) < 4.78 is 2.27. The summed E-state index contributed by atoms with van der Waals surface area (Å²) in [5, 5.41) is 9.15. The number of likely N-dealkylation sites (N-methyl/N-ethyl adjacent to an activating group) is 1. The number of aliphatic hydroxyl groups is 1. The van der Waals surface area contributed by atoms with Crippen LogP contribution in [-0.2, 0) is 13.1 Å². The standard InChI is InChI=1S/C16H26N4O/c1-3-19(9-10-21)12-16-18-14-11-13(2)5-6-15(14)20(16)8-4-7-17/h5-6,11,21H,3-4,7-10,12,17H2,1-2H3. The molecule has 0 saturated carbocycles. The number of rotatable bonds is 8. The summed E-state index contributed by atoms with van der Waals surface area (Å²) >= 11 is 0. The van der Waals surface area contributed by atoms with Crippen LogP contribution in [0.2, 0.25) is 0 Å². The summed E-state index contributed by atoms with van der Waals surface area (Å²) in [7, 11) is 0. The summed E-state index contributed by atoms with van der Waals surface area (Å²) in [5.74, 6) is 1.05. The van der Waals surface area contributed by atoms with Crippen molar-refractivity contribution >= 4 is 11.0 Å². The molecule has 0 fully saturated rings. The van der Waals surface area contributed by atoms with Gasteiger partial charge in [-0.3, -0.25) is 4.90 Å². The predicted molar refractivity (Wildman–Crippen MR) is 86.2 cm³/mol. The highest BCUT2D eigenvalue weighted by Gasteiger charge is 2.13. The molecule has 1 aromatic heterocycles. The Morgan fingerprint density at radius 2 is 2.19 bits per heavy atom. The van der Waals surface area contributed by atoms with E-state index in [9.17, 15) is 0 Å². The van der Waals surface area contributed by atoms with E-state index in [2.05, 4.69) is 41.5 Å². The summed E-state index contributed by atoms with van der Waals surface area (Å²) in [5.41, 5.74) is 9.10. The first kappa shape index (κ1) is 15.9. The Morgan fingerprint density at radius 3 is 2.86 bits per heavy atom. The zero-order valence-corrected chi connectivity index (χ0v) is 13.0. The van der Waals surface area contributed by atoms with E-state index in [0.29, 0.717) is 13.1 Å². The van der Waals surface area contributed by atoms with Gasteiger partial charge < -0.3 is 15.4 Å². The van der Waals surface area contributed by atoms with Crippen LogP contribution in [-0.4, -0.2) is 45.8 Å². The first-order chi connectivity index (χ1) is 10.2. The van der Waals surface area contributed by atoms with Crippen LogP contribution in [0.5, 0.6) is 0 Å². The number of aryl methyl sites for hydroxylation is 2. The lowest BCUT2D eigenvalue weighted by Gasteiger charge is -2.19. The van der Waals surface area contributed by atoms with E-state index in [1.807, 2.05) is 0 Å². The molecule has 0 radical (unpaired) electrons. The number of nitrogens with zero attached hydrogens (tertiary/aromatic N) is 3. The van der Waals surface area contributed by atoms with Crippen molar-refractivity contribution < 1.29 is 5.11 Å². The van der Waals surface area contributed by atoms with E-state index in [4.69, 9.17) is 15.8 Å². The topological polar surface area (TPSA) is 67.3 Å². The molecule has 0 atom stereocenters. The molecule has 3 N–H and O–H groups in total. The van der Waals surface area contributed by atoms with Crippen LogP contribution in [0.3, 0.4) is 0 Å². The van der Waals surface area contributed by atoms with Crippen LogP contribution >= 0.6 is 0 Å². The van der Waals surface area contributed by atoms with Gasteiger partial charge in [-0.1, -0.05) is 13.0 Å². The van der Waals surface area contributed by atoms with E-state index < -0.39 is 0 Å². The zero-order chi connectivity index (χ0) is 15.2. The van der Waals surface area contributed by atoms with Gasteiger partial charge in [0, 0.05) is 13.1 Å². The number of imidazole rings is 1. The second-order valence-electron chi connectivity index (χ2n) is 5.41. The van der Waals surface area contributed by atoms with Crippen molar-refractivity contribution in [3.63, 3.8) is 0 Å². The van der Waals surface area contributed by atoms with Gasteiger partial charge in [0.25, 0.3) is 0 Å². The van der Waals surface area contributed by atoms with Gasteiger partial charge in [0.2, 0.25) is 0 Å². The fourth-order valence-electron chi connectivity index (χ4n) is 2.60. The predicted octanol–water partition coefficient (Wildman–Crippen LogP) is 1.51. The van der Waals surface area contributed by atoms with Crippen molar-refractivity contribution in [2.24, 2.45) is 5.73 Å². The summed E-state index contributed by atoms with van der Waals surface area (Å²) in [6.45, 7) is 8.27. The van der Waals surface area contributed by atoms with Gasteiger partial charge in [-0.25, -0.2) is 4.98 Å². The smallest absolute Gasteiger partial charge is 0.124 e. The first-order valence-corrected chi connectivity index (χ1v) is 7.68. The largest absolute Gasteiger partial charge is 0.395 e. The van der Waals surface area contributed by atoms with Gasteiger partial charge in [-0.2, -0.15) is 0 Å². The van der Waals surface area contributed by atoms with Crippen molar-refractivity contribution in [2.75, 3.05) is 26.2 Å². The molecule has 0 bridgehead atoms. The summed E-state index contributed by atoms with van der Waals surface area (Å²) in [6.07, 6.45) is 0.943. The van der Waals surface area contributed by atoms with E-state index in [0.717, 1.165) is 37.4 Å². The highest BCUT2D eigenvalue weighted by atomic mass is 16.3. The van der Waals surface area contributed by atoms with E-state index in [1.165, 1.54) is 11.1 Å². The molecular weight excluding hydrogens is 264 g/mol. The van der Waals surface area contributed by atoms with E-state index in [-0.39, 0.29) is 6.61 Å². The molecule has 0 unspecified atom stereocenters. The Morgan fingerprint density at radius 1 is 1.38 bits per heavy atom. The van der Waals surface area contributed by atoms with Crippen LogP contribution in [0.15, 0.2) is 18.2 Å². The molecule has 1 heterocycles. The number of hydrogen-bond donors (Lipinski definition) is 2. The van der Waals surface area contributed by atoms with Crippen LogP contribution < -0.4 is 5.73 Å². The van der Waals surface area contributed by atoms with Crippen LogP contribution in [0, 0.1) is 6.92 Å². The number of aromatic nitrogens is 2. The van der Waals surface area contributed by atoms with Crippen molar-refractivity contribution in [1.29, 1.82) is 0 Å². The van der Waals surface area contributed by atoms with Crippen molar-refractivity contribution in [1.82, 2.24) is 14.5 Å². The maximum atomic E-state index is 9.15. The average Bonchev–Trinajstić information content (AvgIpc) is 2.80. The molecule has 0 amide bonds. The molecule has 21 heavy (non-hydrogen) atoms. The zero-order valence-electron chi connectivity index (χ0n) is 13.0. The molecule has 1 aromatic carbocycles. The number of benzene rings is 1. The Bertz CT molecular complexity index is 579. The van der Waals surface area contributed by atoms with Gasteiger partial charge in [0.1, 0.15) is 5.82 Å². The molecule has 5 nitrogen and oxygen atoms in total. The minimum atomic E-state index is 0.177. The van der Waals surface area contributed by atoms with Crippen molar-refractivity contribution in [3.05, 3.63) is 29.6 Å². The Hall–Kier alpha value is -1.43. The first-order valence-electron chi connectivity index (χ1n) is 7.68. The number of nitrogens with two attached hydrogens (primary N) is 1. The third kappa shape index (κ3) is 3.81. The average molecular weight is 290 g/mol. The van der Waals surface area contributed by atoms with Crippen LogP contribution in [0.25, 0.3) is 11.0 Å². The molecule has 0 saturated heterocycles. The van der Waals surface area contributed by atoms with Gasteiger partial charge in [0.15, 0.2) is 0 Å². The van der Waals surface area contributed by atoms with E-state index >= 15 is 0 Å². The molecule has 0 aliphatic rings. The minimum Gasteiger partial charge on any atom is -0.395 e. The maximum Gasteiger partial charge on any atom is 0.124 e. The molecule has 2 aromatic rings. The lowest BCUT2D eigenvalue weighted by molar-refractivity contribution is 0.192. The number of aliphatic hydroxyl groups excluding tert-OH is 1. The molecule has 0 aliphatic carbocycles. The van der Waals surface area contributed by atoms with Gasteiger partial charge in [0.05, 0.1) is 24.2 Å². The minimum absolute atomic E-state index is 0.177. The Labute approximate surface area is 126 Å². The van der Waals surface area contributed by atoms with Gasteiger partial charge in [-0.05, 0) is 44.1 Å². The fraction of sp³-hybridized carbons (Fsp3) is 0.562. The molecule has 5 heteroatoms. The Kier molecular flexibility index (Phi) is 5.73. The highest BCUT2D eigenvalue weighted by Crippen LogP contribution is 2.19. The second kappa shape index (κ2) is 7.54.